The lowest BCUT2D eigenvalue weighted by Crippen LogP contribution is -2.46. The van der Waals surface area contributed by atoms with Crippen LogP contribution in [-0.4, -0.2) is 41.5 Å². The average molecular weight is 501 g/mol. The monoisotopic (exact) mass is 500 g/mol. The van der Waals surface area contributed by atoms with Crippen LogP contribution >= 0.6 is 0 Å². The van der Waals surface area contributed by atoms with Crippen LogP contribution in [0.4, 0.5) is 18.9 Å². The van der Waals surface area contributed by atoms with Crippen molar-refractivity contribution in [2.75, 3.05) is 24.6 Å². The Morgan fingerprint density at radius 2 is 1.86 bits per heavy atom. The molecule has 0 bridgehead atoms. The molecule has 1 aliphatic rings. The van der Waals surface area contributed by atoms with Gasteiger partial charge in [-0.2, -0.15) is 0 Å². The number of ketones is 1. The molecule has 2 aromatic heterocycles. The molecule has 4 rings (SSSR count). The van der Waals surface area contributed by atoms with E-state index in [-0.39, 0.29) is 18.1 Å². The van der Waals surface area contributed by atoms with Crippen LogP contribution in [0.5, 0.6) is 5.75 Å². The number of nitrogens with zero attached hydrogens (tertiary/aromatic N) is 3. The first-order valence-corrected chi connectivity index (χ1v) is 11.8. The van der Waals surface area contributed by atoms with Crippen LogP contribution < -0.4 is 15.4 Å². The molecular weight excluding hydrogens is 469 g/mol. The molecule has 1 aliphatic heterocycles. The Hall–Kier alpha value is -3.46. The first-order valence-electron chi connectivity index (χ1n) is 11.8. The summed E-state index contributed by atoms with van der Waals surface area (Å²) >= 11 is 0. The lowest BCUT2D eigenvalue weighted by molar-refractivity contribution is 0.101. The zero-order valence-corrected chi connectivity index (χ0v) is 20.9. The summed E-state index contributed by atoms with van der Waals surface area (Å²) in [4.78, 5) is 21.5. The van der Waals surface area contributed by atoms with Gasteiger partial charge in [-0.15, -0.1) is 0 Å². The molecule has 36 heavy (non-hydrogen) atoms. The van der Waals surface area contributed by atoms with E-state index in [1.807, 2.05) is 12.4 Å². The predicted octanol–water partition coefficient (Wildman–Crippen LogP) is 5.33. The number of hydrogen-bond donors (Lipinski definition) is 1. The van der Waals surface area contributed by atoms with Gasteiger partial charge < -0.3 is 15.4 Å². The molecule has 0 aliphatic carbocycles. The summed E-state index contributed by atoms with van der Waals surface area (Å²) in [5, 5.41) is 0. The van der Waals surface area contributed by atoms with E-state index < -0.39 is 34.5 Å². The van der Waals surface area contributed by atoms with Crippen molar-refractivity contribution in [2.24, 2.45) is 11.7 Å². The highest BCUT2D eigenvalue weighted by Crippen LogP contribution is 2.32. The highest BCUT2D eigenvalue weighted by molar-refractivity contribution is 5.92. The minimum absolute atomic E-state index is 0.0768. The standard InChI is InChI=1S/C15H12F3NO2.C12H19N3/c1-3-21-12-7-5-9(16)13(14(12)18)15-10(17)4-6-11(19-15)8(2)20;1-9-5-11(13)8-15(7-9)12-3-4-14-6-10(12)2/h4-7H,3H2,1-2H3;3-4,6,9,11H,5,7-8,13H2,1-2H3. The van der Waals surface area contributed by atoms with E-state index in [0.717, 1.165) is 43.8 Å². The number of ether oxygens (including phenoxy) is 1. The number of carbonyl (C=O) groups excluding carboxylic acids is 1. The third kappa shape index (κ3) is 6.40. The van der Waals surface area contributed by atoms with E-state index in [1.165, 1.54) is 18.2 Å². The molecular formula is C27H31F3N4O2. The van der Waals surface area contributed by atoms with Crippen molar-refractivity contribution in [3.8, 4) is 17.0 Å². The average Bonchev–Trinajstić information content (AvgIpc) is 2.82. The summed E-state index contributed by atoms with van der Waals surface area (Å²) in [7, 11) is 0. The molecule has 1 aromatic carbocycles. The Labute approximate surface area is 209 Å². The third-order valence-corrected chi connectivity index (χ3v) is 5.82. The number of anilines is 1. The number of Topliss-reactive ketones (excluding diaryl/α,β-unsaturated/α-hetero) is 1. The second kappa shape index (κ2) is 12.0. The van der Waals surface area contributed by atoms with Gasteiger partial charge in [0.2, 0.25) is 0 Å². The first kappa shape index (κ1) is 27.1. The quantitative estimate of drug-likeness (QED) is 0.477. The number of nitrogens with two attached hydrogens (primary N) is 1. The van der Waals surface area contributed by atoms with Gasteiger partial charge in [-0.25, -0.2) is 18.2 Å². The smallest absolute Gasteiger partial charge is 0.178 e. The van der Waals surface area contributed by atoms with Gasteiger partial charge in [0.15, 0.2) is 17.3 Å². The van der Waals surface area contributed by atoms with Crippen LogP contribution in [0.15, 0.2) is 42.7 Å². The number of hydrogen-bond acceptors (Lipinski definition) is 6. The minimum Gasteiger partial charge on any atom is -0.491 e. The highest BCUT2D eigenvalue weighted by Gasteiger charge is 2.23. The molecule has 9 heteroatoms. The molecule has 192 valence electrons. The Morgan fingerprint density at radius 3 is 2.50 bits per heavy atom. The highest BCUT2D eigenvalue weighted by atomic mass is 19.1. The largest absolute Gasteiger partial charge is 0.491 e. The maximum absolute atomic E-state index is 14.3. The van der Waals surface area contributed by atoms with Crippen LogP contribution in [0.25, 0.3) is 11.3 Å². The van der Waals surface area contributed by atoms with E-state index in [9.17, 15) is 18.0 Å². The lowest BCUT2D eigenvalue weighted by Gasteiger charge is -2.37. The van der Waals surface area contributed by atoms with Crippen LogP contribution in [0, 0.1) is 30.3 Å². The summed E-state index contributed by atoms with van der Waals surface area (Å²) in [5.41, 5.74) is 7.28. The van der Waals surface area contributed by atoms with Gasteiger partial charge >= 0.3 is 0 Å². The van der Waals surface area contributed by atoms with Crippen molar-refractivity contribution >= 4 is 11.5 Å². The Morgan fingerprint density at radius 1 is 1.14 bits per heavy atom. The maximum atomic E-state index is 14.3. The number of benzene rings is 1. The molecule has 0 saturated carbocycles. The second-order valence-electron chi connectivity index (χ2n) is 8.92. The first-order chi connectivity index (χ1) is 17.1. The molecule has 3 aromatic rings. The van der Waals surface area contributed by atoms with Crippen LogP contribution in [0.2, 0.25) is 0 Å². The van der Waals surface area contributed by atoms with Gasteiger partial charge in [0.1, 0.15) is 23.0 Å². The predicted molar refractivity (Wildman–Crippen MR) is 134 cm³/mol. The topological polar surface area (TPSA) is 81.3 Å². The Bertz CT molecular complexity index is 1210. The number of rotatable bonds is 5. The van der Waals surface area contributed by atoms with E-state index in [2.05, 4.69) is 34.8 Å². The molecule has 6 nitrogen and oxygen atoms in total. The van der Waals surface area contributed by atoms with E-state index in [0.29, 0.717) is 12.0 Å². The van der Waals surface area contributed by atoms with Gasteiger partial charge in [0.25, 0.3) is 0 Å². The van der Waals surface area contributed by atoms with Crippen molar-refractivity contribution in [3.63, 3.8) is 0 Å². The number of halogens is 3. The lowest BCUT2D eigenvalue weighted by atomic mass is 9.96. The van der Waals surface area contributed by atoms with E-state index in [1.54, 1.807) is 6.92 Å². The van der Waals surface area contributed by atoms with E-state index >= 15 is 0 Å². The van der Waals surface area contributed by atoms with Gasteiger partial charge in [-0.1, -0.05) is 6.92 Å². The van der Waals surface area contributed by atoms with Crippen LogP contribution in [0.1, 0.15) is 43.2 Å². The van der Waals surface area contributed by atoms with Crippen molar-refractivity contribution in [3.05, 3.63) is 71.4 Å². The fraction of sp³-hybridized carbons (Fsp3) is 0.370. The summed E-state index contributed by atoms with van der Waals surface area (Å²) in [6.07, 6.45) is 4.91. The molecule has 0 spiro atoms. The third-order valence-electron chi connectivity index (χ3n) is 5.82. The molecule has 2 atom stereocenters. The van der Waals surface area contributed by atoms with Gasteiger partial charge in [-0.3, -0.25) is 9.78 Å². The number of aryl methyl sites for hydroxylation is 1. The van der Waals surface area contributed by atoms with E-state index in [4.69, 9.17) is 10.5 Å². The fourth-order valence-electron chi connectivity index (χ4n) is 4.25. The zero-order chi connectivity index (χ0) is 26.4. The SMILES string of the molecule is CCOc1ccc(F)c(-c2nc(C(C)=O)ccc2F)c1F.Cc1cnccc1N1CC(C)CC(N)C1. The van der Waals surface area contributed by atoms with Gasteiger partial charge in [0.05, 0.1) is 12.2 Å². The summed E-state index contributed by atoms with van der Waals surface area (Å²) in [6, 6.07) is 6.57. The van der Waals surface area contributed by atoms with Crippen molar-refractivity contribution in [1.29, 1.82) is 0 Å². The molecule has 0 amide bonds. The zero-order valence-electron chi connectivity index (χ0n) is 20.9. The number of pyridine rings is 2. The van der Waals surface area contributed by atoms with Gasteiger partial charge in [0, 0.05) is 44.1 Å². The summed E-state index contributed by atoms with van der Waals surface area (Å²) in [5.74, 6) is -2.92. The van der Waals surface area contributed by atoms with Gasteiger partial charge in [-0.05, 0) is 62.1 Å². The van der Waals surface area contributed by atoms with Crippen molar-refractivity contribution in [2.45, 2.75) is 40.2 Å². The molecule has 1 fully saturated rings. The molecule has 2 unspecified atom stereocenters. The molecule has 1 saturated heterocycles. The molecule has 2 N–H and O–H groups in total. The normalized spacial score (nSPS) is 17.3. The van der Waals surface area contributed by atoms with Crippen LogP contribution in [0.3, 0.4) is 0 Å². The minimum atomic E-state index is -1.05. The molecule has 3 heterocycles. The summed E-state index contributed by atoms with van der Waals surface area (Å²) < 4.78 is 47.0. The Kier molecular flexibility index (Phi) is 9.03. The second-order valence-corrected chi connectivity index (χ2v) is 8.92. The Balaban J connectivity index is 0.000000212. The van der Waals surface area contributed by atoms with Crippen LogP contribution in [-0.2, 0) is 0 Å². The number of carbonyl (C=O) groups is 1. The number of piperidine rings is 1. The van der Waals surface area contributed by atoms with Crippen molar-refractivity contribution < 1.29 is 22.7 Å². The fourth-order valence-corrected chi connectivity index (χ4v) is 4.25. The summed E-state index contributed by atoms with van der Waals surface area (Å²) in [6.45, 7) is 9.49. The number of aromatic nitrogens is 2. The molecule has 0 radical (unpaired) electrons. The van der Waals surface area contributed by atoms with Crippen molar-refractivity contribution in [1.82, 2.24) is 9.97 Å². The maximum Gasteiger partial charge on any atom is 0.178 e.